The van der Waals surface area contributed by atoms with Crippen molar-refractivity contribution in [3.63, 3.8) is 0 Å². The molecular weight excluding hydrogens is 1650 g/mol. The number of hydrogen-bond acceptors (Lipinski definition) is 23. The summed E-state index contributed by atoms with van der Waals surface area (Å²) in [5, 5.41) is 61.2. The normalized spacial score (nSPS) is 16.4. The Morgan fingerprint density at radius 1 is 0.488 bits per heavy atom. The molecule has 0 fully saturated rings. The molecule has 0 saturated carbocycles. The van der Waals surface area contributed by atoms with Gasteiger partial charge < -0.3 is 108 Å². The summed E-state index contributed by atoms with van der Waals surface area (Å²) in [6, 6.07) is -8.04. The van der Waals surface area contributed by atoms with Crippen molar-refractivity contribution in [2.75, 3.05) is 56.3 Å². The van der Waals surface area contributed by atoms with Crippen LogP contribution in [0.1, 0.15) is 187 Å². The van der Waals surface area contributed by atoms with E-state index in [-0.39, 0.29) is 93.9 Å². The third-order valence-electron chi connectivity index (χ3n) is 20.3. The van der Waals surface area contributed by atoms with Crippen LogP contribution in [0.3, 0.4) is 0 Å². The number of nitrogens with one attached hydrogen (secondary N) is 14. The second kappa shape index (κ2) is 55.5. The van der Waals surface area contributed by atoms with Gasteiger partial charge in [0.25, 0.3) is 0 Å². The first-order chi connectivity index (χ1) is 57.5. The monoisotopic (exact) mass is 1790 g/mol. The highest BCUT2D eigenvalue weighted by Gasteiger charge is 2.47. The molecule has 123 heavy (non-hydrogen) atoms. The molecule has 1 radical (unpaired) electrons. The van der Waals surface area contributed by atoms with Gasteiger partial charge in [-0.3, -0.25) is 76.9 Å². The van der Waals surface area contributed by atoms with Crippen LogP contribution in [0.15, 0.2) is 47.0 Å². The summed E-state index contributed by atoms with van der Waals surface area (Å²) < 4.78 is 0. The summed E-state index contributed by atoms with van der Waals surface area (Å²) in [5.74, 6) is -14.1. The van der Waals surface area contributed by atoms with Crippen molar-refractivity contribution in [3.8, 4) is 0 Å². The zero-order valence-electron chi connectivity index (χ0n) is 74.9. The van der Waals surface area contributed by atoms with Crippen LogP contribution in [-0.4, -0.2) is 251 Å². The predicted molar refractivity (Wildman–Crippen MR) is 476 cm³/mol. The minimum atomic E-state index is -1.44. The molecule has 1 aliphatic heterocycles. The first-order valence-electron chi connectivity index (χ1n) is 42.1. The quantitative estimate of drug-likeness (QED) is 0.0123. The van der Waals surface area contributed by atoms with Crippen molar-refractivity contribution in [1.82, 2.24) is 79.5 Å². The van der Waals surface area contributed by atoms with Crippen LogP contribution in [0.2, 0.25) is 0 Å². The lowest BCUT2D eigenvalue weighted by atomic mass is 9.96. The Morgan fingerprint density at radius 2 is 0.911 bits per heavy atom. The van der Waals surface area contributed by atoms with E-state index in [0.717, 1.165) is 16.2 Å². The highest BCUT2D eigenvalue weighted by molar-refractivity contribution is 8.76. The molecule has 1 aliphatic rings. The molecule has 0 bridgehead atoms. The van der Waals surface area contributed by atoms with Crippen LogP contribution >= 0.6 is 33.3 Å². The van der Waals surface area contributed by atoms with Gasteiger partial charge in [-0.2, -0.15) is 11.8 Å². The minimum absolute atomic E-state index is 0.00588. The highest BCUT2D eigenvalue weighted by atomic mass is 33.1. The van der Waals surface area contributed by atoms with Gasteiger partial charge in [-0.1, -0.05) is 148 Å². The number of benzene rings is 1. The van der Waals surface area contributed by atoms with E-state index in [9.17, 15) is 67.8 Å². The van der Waals surface area contributed by atoms with Crippen molar-refractivity contribution in [2.45, 2.75) is 278 Å². The summed E-state index contributed by atoms with van der Waals surface area (Å²) >= 11 is 1.38. The molecular formula is C82H142N21O17S3. The topological polar surface area (TPSA) is 610 Å². The van der Waals surface area contributed by atoms with Gasteiger partial charge in [0.1, 0.15) is 78.5 Å². The van der Waals surface area contributed by atoms with E-state index in [4.69, 9.17) is 28.7 Å². The van der Waals surface area contributed by atoms with Crippen molar-refractivity contribution in [1.29, 1.82) is 0 Å². The predicted octanol–water partition coefficient (Wildman–Crippen LogP) is -0.938. The number of aliphatic imine (C=N–C) groups is 1. The first kappa shape index (κ1) is 110. The molecule has 15 amide bonds. The number of nitrogens with zero attached hydrogens (tertiary/aromatic N) is 2. The fraction of sp³-hybridized carbons (Fsp3) is 0.707. The Morgan fingerprint density at radius 3 is 1.37 bits per heavy atom. The Labute approximate surface area is 736 Å². The van der Waals surface area contributed by atoms with Crippen molar-refractivity contribution < 1.29 is 82.2 Å². The summed E-state index contributed by atoms with van der Waals surface area (Å²) in [6.07, 6.45) is 4.98. The van der Waals surface area contributed by atoms with Gasteiger partial charge in [0.2, 0.25) is 88.6 Å². The van der Waals surface area contributed by atoms with Gasteiger partial charge in [0, 0.05) is 24.5 Å². The van der Waals surface area contributed by atoms with E-state index in [1.807, 2.05) is 6.08 Å². The van der Waals surface area contributed by atoms with Gasteiger partial charge >= 0.3 is 0 Å². The van der Waals surface area contributed by atoms with Crippen molar-refractivity contribution >= 4 is 128 Å². The van der Waals surface area contributed by atoms with Crippen LogP contribution in [-0.2, 0) is 83.5 Å². The Kier molecular flexibility index (Phi) is 49.7. The molecule has 0 aromatic heterocycles. The van der Waals surface area contributed by atoms with Crippen molar-refractivity contribution in [3.05, 3.63) is 47.5 Å². The molecule has 41 heteroatoms. The zero-order chi connectivity index (χ0) is 93.3. The molecule has 14 atom stereocenters. The van der Waals surface area contributed by atoms with E-state index in [2.05, 4.69) is 79.4 Å². The van der Waals surface area contributed by atoms with Crippen LogP contribution < -0.4 is 103 Å². The SMILES string of the molecule is CC[C@H](C)[C@H](NC(=O)[C@H](CCCN=C(N)N)NC(=O)[C@H](CC(C)C)NC(=O)CNC(=O)[C@H](CCSC)NC(=O)[C@@H](NC(=O)[C@@H](N)CO)C(C)C)C(=O)N[C@@H](CC(C)C)C(=O)N[C@@H](CSSCC1=CC(C)(C)N([O])C1(C)C)C(=O)N[C@@H](CC(C)C)C(=O)N[C@@H](CCCCN)C(=O)N[C@H](C(=O)N[C@@H](C)C(=O)NCC(=O)N[C@@H](Cc1ccccc1)C(N)=O)C(C)C. The number of hydrogen-bond donors (Lipinski definition) is 20. The fourth-order valence-corrected chi connectivity index (χ4v) is 16.0. The summed E-state index contributed by atoms with van der Waals surface area (Å²) in [7, 11) is 2.50. The largest absolute Gasteiger partial charge is 0.394 e. The first-order valence-corrected chi connectivity index (χ1v) is 46.0. The maximum Gasteiger partial charge on any atom is 0.244 e. The van der Waals surface area contributed by atoms with Crippen molar-refractivity contribution in [2.24, 2.45) is 69.2 Å². The number of aliphatic hydroxyl groups is 1. The highest BCUT2D eigenvalue weighted by Crippen LogP contribution is 2.41. The molecule has 1 heterocycles. The maximum atomic E-state index is 15.1. The molecule has 1 aromatic rings. The maximum absolute atomic E-state index is 15.1. The molecule has 695 valence electrons. The van der Waals surface area contributed by atoms with E-state index in [1.165, 1.54) is 40.3 Å². The van der Waals surface area contributed by atoms with Gasteiger partial charge in [0.05, 0.1) is 30.8 Å². The van der Waals surface area contributed by atoms with E-state index < -0.39 is 216 Å². The molecule has 0 spiro atoms. The molecule has 38 nitrogen and oxygen atoms in total. The van der Waals surface area contributed by atoms with Gasteiger partial charge in [-0.05, 0) is 158 Å². The molecule has 2 rings (SSSR count). The zero-order valence-corrected chi connectivity index (χ0v) is 77.3. The molecule has 0 saturated heterocycles. The van der Waals surface area contributed by atoms with Crippen LogP contribution in [0, 0.1) is 35.5 Å². The Balaban J connectivity index is 2.58. The average molecular weight is 1790 g/mol. The van der Waals surface area contributed by atoms with E-state index in [0.29, 0.717) is 30.8 Å². The smallest absolute Gasteiger partial charge is 0.244 e. The lowest BCUT2D eigenvalue weighted by molar-refractivity contribution is -0.238. The van der Waals surface area contributed by atoms with E-state index >= 15 is 14.4 Å². The fourth-order valence-electron chi connectivity index (χ4n) is 13.1. The Hall–Kier alpha value is -8.87. The van der Waals surface area contributed by atoms with Gasteiger partial charge in [-0.25, -0.2) is 0 Å². The standard InChI is InChI=1S/C82H142N21O17S3/c1-19-49(12)66(102-72(112)55(29-25-32-88-80(86)87)95-73(113)58(34-44(2)3)93-63(106)40-90-70(110)56(30-33-121-18)96-78(118)65(48(10)11)100-69(109)53(84)41-104)79(119)98-60(36-46(6)7)75(115)99-61(43-123-122-42-52-38-81(14,15)103(120)82(52,16)17)76(116)97-59(35-45(4)5)74(114)94-54(28-23-24-31-83)71(111)101-64(47(8)9)77(117)91-50(13)68(108)89-39-62(105)92-57(67(85)107)37-51-26-21-20-22-27-51/h20-22,26-27,38,44-50,53-61,64-66,104H,19,23-25,28-37,39-43,83-84H2,1-18H3,(H2,85,107)(H,89,108)(H,90,110)(H,91,117)(H,92,105)(H,93,106)(H,94,114)(H,95,113)(H,96,118)(H,97,116)(H,98,119)(H,99,115)(H,100,109)(H,101,111)(H,102,112)(H4,86,87,88)/t49-,50-,53-,54-,55-,56-,57-,58-,59-,60-,61-,64-,65-,66-/m0/s1. The van der Waals surface area contributed by atoms with Gasteiger partial charge in [0.15, 0.2) is 5.96 Å². The molecule has 0 aliphatic carbocycles. The number of hydroxylamine groups is 2. The third kappa shape index (κ3) is 39.9. The summed E-state index contributed by atoms with van der Waals surface area (Å²) in [4.78, 5) is 214. The number of carbonyl (C=O) groups excluding carboxylic acids is 15. The lowest BCUT2D eigenvalue weighted by Gasteiger charge is -2.34. The number of carbonyl (C=O) groups is 15. The number of primary amides is 1. The number of guanidine groups is 1. The number of nitrogens with two attached hydrogens (primary N) is 5. The van der Waals surface area contributed by atoms with E-state index in [1.54, 1.807) is 147 Å². The minimum Gasteiger partial charge on any atom is -0.394 e. The second-order valence-corrected chi connectivity index (χ2v) is 37.6. The number of rotatable bonds is 58. The second-order valence-electron chi connectivity index (χ2n) is 34.1. The van der Waals surface area contributed by atoms with Crippen LogP contribution in [0.4, 0.5) is 0 Å². The molecule has 25 N–H and O–H groups in total. The average Bonchev–Trinajstić information content (AvgIpc) is 1.62. The van der Waals surface area contributed by atoms with Crippen LogP contribution in [0.25, 0.3) is 0 Å². The lowest BCUT2D eigenvalue weighted by Crippen LogP contribution is -2.62. The summed E-state index contributed by atoms with van der Waals surface area (Å²) in [5.41, 5.74) is 28.2. The third-order valence-corrected chi connectivity index (χ3v) is 23.3. The van der Waals surface area contributed by atoms with Gasteiger partial charge in [-0.15, -0.1) is 10.3 Å². The number of aliphatic hydroxyl groups excluding tert-OH is 1. The number of amides is 15. The molecule has 1 aromatic carbocycles. The summed E-state index contributed by atoms with van der Waals surface area (Å²) in [6.45, 7) is 27.7. The number of thioether (sulfide) groups is 1. The van der Waals surface area contributed by atoms with Crippen LogP contribution in [0.5, 0.6) is 0 Å². The molecule has 0 unspecified atom stereocenters. The Bertz CT molecular complexity index is 3700. The number of unbranched alkanes of at least 4 members (excludes halogenated alkanes) is 1.